The van der Waals surface area contributed by atoms with E-state index in [4.69, 9.17) is 23.7 Å². The van der Waals surface area contributed by atoms with E-state index >= 15 is 0 Å². The molecule has 5 aromatic carbocycles. The number of esters is 2. The van der Waals surface area contributed by atoms with Gasteiger partial charge in [0.15, 0.2) is 11.5 Å². The van der Waals surface area contributed by atoms with Gasteiger partial charge in [-0.25, -0.2) is 14.4 Å². The molecular formula is C46H48O8. The Bertz CT molecular complexity index is 1920. The van der Waals surface area contributed by atoms with E-state index in [1.54, 1.807) is 48.5 Å². The summed E-state index contributed by atoms with van der Waals surface area (Å²) in [5.41, 5.74) is 2.18. The predicted molar refractivity (Wildman–Crippen MR) is 209 cm³/mol. The van der Waals surface area contributed by atoms with Crippen molar-refractivity contribution >= 4 is 18.1 Å². The van der Waals surface area contributed by atoms with Crippen molar-refractivity contribution in [1.29, 1.82) is 0 Å². The zero-order chi connectivity index (χ0) is 37.8. The van der Waals surface area contributed by atoms with Gasteiger partial charge in [0, 0.05) is 5.56 Å². The van der Waals surface area contributed by atoms with E-state index in [0.29, 0.717) is 29.2 Å². The monoisotopic (exact) mass is 728 g/mol. The molecule has 8 nitrogen and oxygen atoms in total. The van der Waals surface area contributed by atoms with Crippen LogP contribution in [0.5, 0.6) is 23.0 Å². The van der Waals surface area contributed by atoms with Crippen LogP contribution in [0.15, 0.2) is 127 Å². The molecule has 0 saturated heterocycles. The molecule has 280 valence electrons. The lowest BCUT2D eigenvalue weighted by Crippen LogP contribution is -2.19. The second-order valence-electron chi connectivity index (χ2n) is 12.9. The van der Waals surface area contributed by atoms with Gasteiger partial charge < -0.3 is 23.7 Å². The highest BCUT2D eigenvalue weighted by Gasteiger charge is 2.24. The normalized spacial score (nSPS) is 10.7. The Morgan fingerprint density at radius 3 is 1.72 bits per heavy atom. The largest absolute Gasteiger partial charge is 0.522 e. The number of benzene rings is 5. The molecule has 0 N–H and O–H groups in total. The Labute approximate surface area is 318 Å². The van der Waals surface area contributed by atoms with E-state index in [2.05, 4.69) is 6.92 Å². The maximum atomic E-state index is 13.5. The molecule has 0 aliphatic carbocycles. The van der Waals surface area contributed by atoms with Gasteiger partial charge in [-0.15, -0.1) is 0 Å². The number of rotatable bonds is 20. The lowest BCUT2D eigenvalue weighted by molar-refractivity contribution is 0.0529. The van der Waals surface area contributed by atoms with Crippen molar-refractivity contribution in [3.8, 4) is 34.1 Å². The number of hydrogen-bond acceptors (Lipinski definition) is 8. The minimum atomic E-state index is -1.31. The van der Waals surface area contributed by atoms with Crippen LogP contribution in [0.4, 0.5) is 4.79 Å². The Kier molecular flexibility index (Phi) is 15.7. The van der Waals surface area contributed by atoms with Gasteiger partial charge in [-0.2, -0.15) is 0 Å². The first-order valence-corrected chi connectivity index (χ1v) is 18.9. The van der Waals surface area contributed by atoms with E-state index < -0.39 is 18.1 Å². The number of para-hydroxylation sites is 3. The maximum Gasteiger partial charge on any atom is 0.522 e. The highest BCUT2D eigenvalue weighted by atomic mass is 16.7. The molecule has 0 aliphatic rings. The molecule has 0 aliphatic heterocycles. The van der Waals surface area contributed by atoms with E-state index in [-0.39, 0.29) is 29.2 Å². The summed E-state index contributed by atoms with van der Waals surface area (Å²) in [4.78, 5) is 39.9. The maximum absolute atomic E-state index is 13.5. The van der Waals surface area contributed by atoms with Crippen molar-refractivity contribution in [2.75, 3.05) is 6.61 Å². The minimum Gasteiger partial charge on any atom is -0.490 e. The first-order valence-electron chi connectivity index (χ1n) is 18.9. The second kappa shape index (κ2) is 21.6. The van der Waals surface area contributed by atoms with E-state index in [0.717, 1.165) is 18.4 Å². The third kappa shape index (κ3) is 12.1. The first kappa shape index (κ1) is 39.3. The van der Waals surface area contributed by atoms with Crippen LogP contribution in [0.25, 0.3) is 11.1 Å². The van der Waals surface area contributed by atoms with Crippen molar-refractivity contribution in [1.82, 2.24) is 0 Å². The molecule has 0 amide bonds. The van der Waals surface area contributed by atoms with Gasteiger partial charge in [0.2, 0.25) is 0 Å². The molecule has 0 saturated carbocycles. The van der Waals surface area contributed by atoms with Crippen molar-refractivity contribution in [3.05, 3.63) is 144 Å². The highest BCUT2D eigenvalue weighted by molar-refractivity contribution is 6.03. The van der Waals surface area contributed by atoms with Crippen LogP contribution in [0, 0.1) is 0 Å². The summed E-state index contributed by atoms with van der Waals surface area (Å²) < 4.78 is 28.4. The van der Waals surface area contributed by atoms with Crippen LogP contribution in [-0.4, -0.2) is 24.7 Å². The molecule has 0 unspecified atom stereocenters. The van der Waals surface area contributed by atoms with Gasteiger partial charge >= 0.3 is 18.1 Å². The van der Waals surface area contributed by atoms with Crippen molar-refractivity contribution in [2.24, 2.45) is 0 Å². The smallest absolute Gasteiger partial charge is 0.490 e. The molecule has 0 radical (unpaired) electrons. The summed E-state index contributed by atoms with van der Waals surface area (Å²) >= 11 is 0. The Hall–Kier alpha value is -5.89. The summed E-state index contributed by atoms with van der Waals surface area (Å²) in [5.74, 6) is -0.729. The van der Waals surface area contributed by atoms with E-state index in [1.807, 2.05) is 66.7 Å². The molecule has 0 fully saturated rings. The lowest BCUT2D eigenvalue weighted by Gasteiger charge is -2.16. The molecule has 0 bridgehead atoms. The first-order chi connectivity index (χ1) is 26.5. The summed E-state index contributed by atoms with van der Waals surface area (Å²) in [5, 5.41) is 0. The standard InChI is InChI=1S/C46H48O8/c1-2-3-4-5-6-7-8-9-10-21-33-50-40-30-19-20-31-41(40)52-44(47)37-27-17-18-29-39(37)53-46(49)54-45(48)38-28-22-32-42(43(38)36-25-15-12-16-26-36)51-34-35-23-13-11-14-24-35/h11-20,22-32H,2-10,21,33-34H2,1H3. The quantitative estimate of drug-likeness (QED) is 0.0257. The van der Waals surface area contributed by atoms with Crippen LogP contribution in [-0.2, 0) is 11.3 Å². The number of carbonyl (C=O) groups is 3. The molecule has 5 rings (SSSR count). The number of unbranched alkanes of at least 4 members (excludes halogenated alkanes) is 9. The Balaban J connectivity index is 1.18. The highest BCUT2D eigenvalue weighted by Crippen LogP contribution is 2.35. The molecular weight excluding hydrogens is 680 g/mol. The summed E-state index contributed by atoms with van der Waals surface area (Å²) in [7, 11) is 0. The average molecular weight is 729 g/mol. The van der Waals surface area contributed by atoms with Gasteiger partial charge in [0.1, 0.15) is 23.7 Å². The SMILES string of the molecule is CCCCCCCCCCCCOc1ccccc1OC(=O)c1ccccc1OC(=O)OC(=O)c1cccc(OCc2ccccc2)c1-c1ccccc1. The van der Waals surface area contributed by atoms with Crippen molar-refractivity contribution < 1.29 is 38.1 Å². The lowest BCUT2D eigenvalue weighted by atomic mass is 9.98. The van der Waals surface area contributed by atoms with Crippen molar-refractivity contribution in [3.63, 3.8) is 0 Å². The van der Waals surface area contributed by atoms with Gasteiger partial charge in [-0.3, -0.25) is 0 Å². The fourth-order valence-corrected chi connectivity index (χ4v) is 6.01. The molecule has 8 heteroatoms. The van der Waals surface area contributed by atoms with Gasteiger partial charge in [-0.05, 0) is 53.9 Å². The van der Waals surface area contributed by atoms with Crippen LogP contribution in [0.3, 0.4) is 0 Å². The molecule has 54 heavy (non-hydrogen) atoms. The third-order valence-electron chi connectivity index (χ3n) is 8.83. The summed E-state index contributed by atoms with van der Waals surface area (Å²) in [6.45, 7) is 3.00. The molecule has 0 heterocycles. The summed E-state index contributed by atoms with van der Waals surface area (Å²) in [6.07, 6.45) is 10.9. The predicted octanol–water partition coefficient (Wildman–Crippen LogP) is 11.8. The van der Waals surface area contributed by atoms with Crippen LogP contribution >= 0.6 is 0 Å². The minimum absolute atomic E-state index is 0.0346. The number of hydrogen-bond donors (Lipinski definition) is 0. The molecule has 0 spiro atoms. The Morgan fingerprint density at radius 2 is 1.02 bits per heavy atom. The van der Waals surface area contributed by atoms with Crippen LogP contribution in [0.2, 0.25) is 0 Å². The number of carbonyl (C=O) groups excluding carboxylic acids is 3. The third-order valence-corrected chi connectivity index (χ3v) is 8.83. The van der Waals surface area contributed by atoms with Gasteiger partial charge in [0.05, 0.1) is 12.2 Å². The fourth-order valence-electron chi connectivity index (χ4n) is 6.01. The van der Waals surface area contributed by atoms with E-state index in [1.165, 1.54) is 63.5 Å². The topological polar surface area (TPSA) is 97.4 Å². The molecule has 0 atom stereocenters. The zero-order valence-corrected chi connectivity index (χ0v) is 30.9. The van der Waals surface area contributed by atoms with Crippen molar-refractivity contribution in [2.45, 2.75) is 77.7 Å². The molecule has 0 aromatic heterocycles. The van der Waals surface area contributed by atoms with E-state index in [9.17, 15) is 14.4 Å². The number of ether oxygens (including phenoxy) is 5. The second-order valence-corrected chi connectivity index (χ2v) is 12.9. The van der Waals surface area contributed by atoms with Crippen LogP contribution < -0.4 is 18.9 Å². The van der Waals surface area contributed by atoms with Gasteiger partial charge in [0.25, 0.3) is 0 Å². The van der Waals surface area contributed by atoms with Crippen LogP contribution in [0.1, 0.15) is 97.4 Å². The van der Waals surface area contributed by atoms with Gasteiger partial charge in [-0.1, -0.05) is 156 Å². The zero-order valence-electron chi connectivity index (χ0n) is 30.9. The Morgan fingerprint density at radius 1 is 0.463 bits per heavy atom. The average Bonchev–Trinajstić information content (AvgIpc) is 3.20. The fraction of sp³-hybridized carbons (Fsp3) is 0.283. The summed E-state index contributed by atoms with van der Waals surface area (Å²) in [6, 6.07) is 36.8. The molecule has 5 aromatic rings.